The van der Waals surface area contributed by atoms with Gasteiger partial charge in [0, 0.05) is 24.9 Å². The average Bonchev–Trinajstić information content (AvgIpc) is 3.06. The first-order valence-corrected chi connectivity index (χ1v) is 10.1. The van der Waals surface area contributed by atoms with Gasteiger partial charge in [-0.2, -0.15) is 0 Å². The van der Waals surface area contributed by atoms with Gasteiger partial charge in [-0.3, -0.25) is 4.79 Å². The van der Waals surface area contributed by atoms with Crippen LogP contribution in [-0.4, -0.2) is 47.6 Å². The predicted molar refractivity (Wildman–Crippen MR) is 96.3 cm³/mol. The quantitative estimate of drug-likeness (QED) is 0.886. The highest BCUT2D eigenvalue weighted by molar-refractivity contribution is 7.09. The number of nitrogens with two attached hydrogens (primary N) is 1. The number of carbonyl (C=O) groups excluding carboxylic acids is 1. The van der Waals surface area contributed by atoms with Crippen molar-refractivity contribution in [2.45, 2.75) is 64.1 Å². The van der Waals surface area contributed by atoms with Crippen molar-refractivity contribution in [3.05, 3.63) is 16.1 Å². The van der Waals surface area contributed by atoms with E-state index in [-0.39, 0.29) is 5.91 Å². The van der Waals surface area contributed by atoms with Gasteiger partial charge in [-0.05, 0) is 51.0 Å². The summed E-state index contributed by atoms with van der Waals surface area (Å²) in [6.45, 7) is 4.45. The van der Waals surface area contributed by atoms with E-state index in [0.717, 1.165) is 43.3 Å². The molecule has 2 fully saturated rings. The molecule has 1 saturated carbocycles. The Labute approximate surface area is 148 Å². The van der Waals surface area contributed by atoms with Gasteiger partial charge in [0.15, 0.2) is 0 Å². The normalized spacial score (nSPS) is 25.8. The summed E-state index contributed by atoms with van der Waals surface area (Å²) in [5.74, 6) is 0.908. The largest absolute Gasteiger partial charge is 0.375 e. The Kier molecular flexibility index (Phi) is 6.25. The van der Waals surface area contributed by atoms with Gasteiger partial charge in [0.25, 0.3) is 5.91 Å². The van der Waals surface area contributed by atoms with Crippen molar-refractivity contribution in [1.82, 2.24) is 9.88 Å². The molecule has 24 heavy (non-hydrogen) atoms. The molecule has 1 amide bonds. The summed E-state index contributed by atoms with van der Waals surface area (Å²) in [6, 6.07) is 0. The van der Waals surface area contributed by atoms with E-state index in [2.05, 4.69) is 11.9 Å². The van der Waals surface area contributed by atoms with E-state index in [1.165, 1.54) is 37.0 Å². The Morgan fingerprint density at radius 1 is 1.25 bits per heavy atom. The van der Waals surface area contributed by atoms with Crippen molar-refractivity contribution in [2.24, 2.45) is 11.7 Å². The fourth-order valence-corrected chi connectivity index (χ4v) is 4.43. The summed E-state index contributed by atoms with van der Waals surface area (Å²) in [5.41, 5.74) is 6.12. The van der Waals surface area contributed by atoms with Gasteiger partial charge in [0.05, 0.1) is 17.2 Å². The van der Waals surface area contributed by atoms with E-state index >= 15 is 0 Å². The molecule has 0 bridgehead atoms. The van der Waals surface area contributed by atoms with E-state index in [9.17, 15) is 4.79 Å². The average molecular weight is 352 g/mol. The summed E-state index contributed by atoms with van der Waals surface area (Å²) in [7, 11) is 0. The van der Waals surface area contributed by atoms with Crippen LogP contribution < -0.4 is 5.73 Å². The molecule has 134 valence electrons. The third-order valence-corrected chi connectivity index (χ3v) is 6.11. The second-order valence-electron chi connectivity index (χ2n) is 7.17. The third-order valence-electron chi connectivity index (χ3n) is 5.21. The van der Waals surface area contributed by atoms with Crippen molar-refractivity contribution >= 4 is 17.2 Å². The third kappa shape index (κ3) is 4.55. The number of aromatic nitrogens is 1. The zero-order valence-electron chi connectivity index (χ0n) is 14.6. The monoisotopic (exact) mass is 351 g/mol. The van der Waals surface area contributed by atoms with Crippen molar-refractivity contribution < 1.29 is 9.53 Å². The minimum absolute atomic E-state index is 0.0551. The molecule has 1 aromatic heterocycles. The standard InChI is InChI=1S/C18H29N3O2S/c1-13-2-4-14(5-3-13)23-15-7-10-21(11-8-15)18(22)16-12-24-17(20-16)6-9-19/h12-15H,2-11,19H2,1H3. The lowest BCUT2D eigenvalue weighted by atomic mass is 9.88. The first-order valence-electron chi connectivity index (χ1n) is 9.25. The number of likely N-dealkylation sites (tertiary alicyclic amines) is 1. The molecule has 0 unspecified atom stereocenters. The zero-order valence-corrected chi connectivity index (χ0v) is 15.4. The van der Waals surface area contributed by atoms with Crippen molar-refractivity contribution in [3.8, 4) is 0 Å². The van der Waals surface area contributed by atoms with E-state index in [0.29, 0.717) is 24.4 Å². The molecule has 1 aromatic rings. The summed E-state index contributed by atoms with van der Waals surface area (Å²) in [4.78, 5) is 18.9. The number of rotatable bonds is 5. The van der Waals surface area contributed by atoms with Crippen LogP contribution in [0.4, 0.5) is 0 Å². The number of ether oxygens (including phenoxy) is 1. The van der Waals surface area contributed by atoms with Crippen molar-refractivity contribution in [3.63, 3.8) is 0 Å². The summed E-state index contributed by atoms with van der Waals surface area (Å²) < 4.78 is 6.28. The second-order valence-corrected chi connectivity index (χ2v) is 8.12. The number of carbonyl (C=O) groups is 1. The molecule has 6 heteroatoms. The van der Waals surface area contributed by atoms with Crippen LogP contribution in [0.2, 0.25) is 0 Å². The highest BCUT2D eigenvalue weighted by Gasteiger charge is 2.28. The van der Waals surface area contributed by atoms with Crippen LogP contribution in [0.1, 0.15) is 60.9 Å². The summed E-state index contributed by atoms with van der Waals surface area (Å²) >= 11 is 1.53. The summed E-state index contributed by atoms with van der Waals surface area (Å²) in [5, 5.41) is 2.81. The Morgan fingerprint density at radius 2 is 1.92 bits per heavy atom. The number of nitrogens with zero attached hydrogens (tertiary/aromatic N) is 2. The Hall–Kier alpha value is -0.980. The fourth-order valence-electron chi connectivity index (χ4n) is 3.64. The number of thiazole rings is 1. The lowest BCUT2D eigenvalue weighted by Crippen LogP contribution is -2.42. The maximum Gasteiger partial charge on any atom is 0.273 e. The van der Waals surface area contributed by atoms with Crippen LogP contribution in [0, 0.1) is 5.92 Å². The van der Waals surface area contributed by atoms with E-state index in [4.69, 9.17) is 10.5 Å². The van der Waals surface area contributed by atoms with E-state index in [1.807, 2.05) is 10.3 Å². The molecule has 0 aromatic carbocycles. The molecule has 1 aliphatic carbocycles. The number of hydrogen-bond acceptors (Lipinski definition) is 5. The van der Waals surface area contributed by atoms with Gasteiger partial charge in [-0.15, -0.1) is 11.3 Å². The van der Waals surface area contributed by atoms with Crippen LogP contribution >= 0.6 is 11.3 Å². The van der Waals surface area contributed by atoms with Crippen LogP contribution in [0.25, 0.3) is 0 Å². The predicted octanol–water partition coefficient (Wildman–Crippen LogP) is 2.84. The number of piperidine rings is 1. The van der Waals surface area contributed by atoms with Crippen LogP contribution in [0.3, 0.4) is 0 Å². The minimum atomic E-state index is 0.0551. The molecule has 0 atom stereocenters. The maximum absolute atomic E-state index is 12.5. The Morgan fingerprint density at radius 3 is 2.58 bits per heavy atom. The van der Waals surface area contributed by atoms with Crippen LogP contribution in [0.15, 0.2) is 5.38 Å². The SMILES string of the molecule is CC1CCC(OC2CCN(C(=O)c3csc(CCN)n3)CC2)CC1. The molecule has 1 saturated heterocycles. The molecule has 2 aliphatic rings. The second kappa shape index (κ2) is 8.41. The van der Waals surface area contributed by atoms with Crippen LogP contribution in [-0.2, 0) is 11.2 Å². The lowest BCUT2D eigenvalue weighted by Gasteiger charge is -2.35. The van der Waals surface area contributed by atoms with E-state index in [1.54, 1.807) is 0 Å². The van der Waals surface area contributed by atoms with Gasteiger partial charge in [-0.25, -0.2) is 4.98 Å². The maximum atomic E-state index is 12.5. The fraction of sp³-hybridized carbons (Fsp3) is 0.778. The molecular weight excluding hydrogens is 322 g/mol. The smallest absolute Gasteiger partial charge is 0.273 e. The van der Waals surface area contributed by atoms with Gasteiger partial charge in [-0.1, -0.05) is 6.92 Å². The first kappa shape index (κ1) is 17.8. The van der Waals surface area contributed by atoms with Crippen molar-refractivity contribution in [2.75, 3.05) is 19.6 Å². The summed E-state index contributed by atoms with van der Waals surface area (Å²) in [6.07, 6.45) is 8.35. The van der Waals surface area contributed by atoms with Gasteiger partial charge < -0.3 is 15.4 Å². The lowest BCUT2D eigenvalue weighted by molar-refractivity contribution is -0.0571. The molecule has 3 rings (SSSR count). The molecular formula is C18H29N3O2S. The molecule has 5 nitrogen and oxygen atoms in total. The van der Waals surface area contributed by atoms with Gasteiger partial charge in [0.1, 0.15) is 5.69 Å². The minimum Gasteiger partial charge on any atom is -0.375 e. The van der Waals surface area contributed by atoms with E-state index < -0.39 is 0 Å². The molecule has 2 heterocycles. The molecule has 1 aliphatic heterocycles. The topological polar surface area (TPSA) is 68.5 Å². The Balaban J connectivity index is 1.45. The number of hydrogen-bond donors (Lipinski definition) is 1. The number of amides is 1. The van der Waals surface area contributed by atoms with Crippen molar-refractivity contribution in [1.29, 1.82) is 0 Å². The molecule has 2 N–H and O–H groups in total. The zero-order chi connectivity index (χ0) is 16.9. The molecule has 0 radical (unpaired) electrons. The van der Waals surface area contributed by atoms with Gasteiger partial charge >= 0.3 is 0 Å². The van der Waals surface area contributed by atoms with Gasteiger partial charge in [0.2, 0.25) is 0 Å². The molecule has 0 spiro atoms. The highest BCUT2D eigenvalue weighted by atomic mass is 32.1. The first-order chi connectivity index (χ1) is 11.7. The Bertz CT molecular complexity index is 532. The van der Waals surface area contributed by atoms with Crippen LogP contribution in [0.5, 0.6) is 0 Å². The highest BCUT2D eigenvalue weighted by Crippen LogP contribution is 2.28.